The normalized spacial score (nSPS) is 29.9. The second-order valence-electron chi connectivity index (χ2n) is 2.72. The Labute approximate surface area is 66.2 Å². The van der Waals surface area contributed by atoms with Gasteiger partial charge in [0.25, 0.3) is 0 Å². The number of hydrogen-bond acceptors (Lipinski definition) is 2. The van der Waals surface area contributed by atoms with E-state index in [0.29, 0.717) is 5.57 Å². The van der Waals surface area contributed by atoms with Crippen LogP contribution in [0.25, 0.3) is 0 Å². The van der Waals surface area contributed by atoms with Crippen molar-refractivity contribution < 1.29 is 10.2 Å². The van der Waals surface area contributed by atoms with E-state index in [1.54, 1.807) is 25.2 Å². The van der Waals surface area contributed by atoms with Crippen molar-refractivity contribution in [2.75, 3.05) is 0 Å². The highest BCUT2D eigenvalue weighted by molar-refractivity contribution is 5.38. The smallest absolute Gasteiger partial charge is 0.109 e. The molecule has 1 aliphatic carbocycles. The van der Waals surface area contributed by atoms with Gasteiger partial charge >= 0.3 is 0 Å². The van der Waals surface area contributed by atoms with Gasteiger partial charge in [0.1, 0.15) is 12.2 Å². The second kappa shape index (κ2) is 3.03. The van der Waals surface area contributed by atoms with Crippen molar-refractivity contribution in [2.45, 2.75) is 19.1 Å². The molecule has 0 fully saturated rings. The zero-order valence-electron chi connectivity index (χ0n) is 6.49. The highest BCUT2D eigenvalue weighted by atomic mass is 16.3. The summed E-state index contributed by atoms with van der Waals surface area (Å²) in [5, 5.41) is 18.6. The van der Waals surface area contributed by atoms with E-state index in [4.69, 9.17) is 0 Å². The van der Waals surface area contributed by atoms with Crippen LogP contribution in [-0.2, 0) is 0 Å². The van der Waals surface area contributed by atoms with Crippen LogP contribution in [0.2, 0.25) is 0 Å². The summed E-state index contributed by atoms with van der Waals surface area (Å²) in [6.07, 6.45) is 3.45. The standard InChI is InChI=1S/C9H12O2/c1-6(2)7-4-3-5-8(10)9(7)11/h3-5,8-11H,1H2,2H3/t8-,9+/m0/s1. The molecule has 0 aromatic heterocycles. The highest BCUT2D eigenvalue weighted by Crippen LogP contribution is 2.19. The summed E-state index contributed by atoms with van der Waals surface area (Å²) in [6.45, 7) is 5.50. The van der Waals surface area contributed by atoms with Crippen LogP contribution >= 0.6 is 0 Å². The van der Waals surface area contributed by atoms with Crippen molar-refractivity contribution in [3.05, 3.63) is 36.0 Å². The molecular weight excluding hydrogens is 140 g/mol. The van der Waals surface area contributed by atoms with Gasteiger partial charge in [-0.1, -0.05) is 30.4 Å². The number of aliphatic hydroxyl groups excluding tert-OH is 2. The minimum absolute atomic E-state index is 0.708. The van der Waals surface area contributed by atoms with Crippen molar-refractivity contribution in [2.24, 2.45) is 0 Å². The zero-order valence-corrected chi connectivity index (χ0v) is 6.49. The van der Waals surface area contributed by atoms with Crippen LogP contribution in [0.3, 0.4) is 0 Å². The lowest BCUT2D eigenvalue weighted by atomic mass is 9.95. The molecule has 0 heterocycles. The largest absolute Gasteiger partial charge is 0.386 e. The molecule has 0 spiro atoms. The SMILES string of the molecule is C=C(C)C1=CC=C[C@H](O)[C@@H]1O. The first-order chi connectivity index (χ1) is 5.13. The van der Waals surface area contributed by atoms with Crippen molar-refractivity contribution in [3.8, 4) is 0 Å². The first-order valence-corrected chi connectivity index (χ1v) is 3.53. The lowest BCUT2D eigenvalue weighted by Gasteiger charge is -2.20. The molecule has 1 rings (SSSR count). The molecule has 0 saturated carbocycles. The van der Waals surface area contributed by atoms with Crippen molar-refractivity contribution in [3.63, 3.8) is 0 Å². The molecule has 0 amide bonds. The van der Waals surface area contributed by atoms with E-state index < -0.39 is 12.2 Å². The maximum absolute atomic E-state index is 9.38. The maximum Gasteiger partial charge on any atom is 0.109 e. The van der Waals surface area contributed by atoms with Crippen molar-refractivity contribution >= 4 is 0 Å². The third kappa shape index (κ3) is 1.59. The van der Waals surface area contributed by atoms with Gasteiger partial charge in [0.05, 0.1) is 0 Å². The topological polar surface area (TPSA) is 40.5 Å². The van der Waals surface area contributed by atoms with Crippen molar-refractivity contribution in [1.29, 1.82) is 0 Å². The van der Waals surface area contributed by atoms with Crippen LogP contribution in [0, 0.1) is 0 Å². The predicted octanol–water partition coefficient (Wildman–Crippen LogP) is 0.780. The van der Waals surface area contributed by atoms with E-state index in [0.717, 1.165) is 5.57 Å². The van der Waals surface area contributed by atoms with Gasteiger partial charge in [0.15, 0.2) is 0 Å². The molecule has 2 heteroatoms. The first-order valence-electron chi connectivity index (χ1n) is 3.53. The average molecular weight is 152 g/mol. The highest BCUT2D eigenvalue weighted by Gasteiger charge is 2.20. The minimum Gasteiger partial charge on any atom is -0.386 e. The molecule has 2 nitrogen and oxygen atoms in total. The number of rotatable bonds is 1. The fourth-order valence-electron chi connectivity index (χ4n) is 1.06. The lowest BCUT2D eigenvalue weighted by molar-refractivity contribution is 0.0729. The Balaban J connectivity index is 2.87. The van der Waals surface area contributed by atoms with Gasteiger partial charge in [-0.2, -0.15) is 0 Å². The van der Waals surface area contributed by atoms with Gasteiger partial charge < -0.3 is 10.2 Å². The van der Waals surface area contributed by atoms with Crippen LogP contribution in [0.1, 0.15) is 6.92 Å². The van der Waals surface area contributed by atoms with Gasteiger partial charge in [-0.05, 0) is 12.5 Å². The van der Waals surface area contributed by atoms with Gasteiger partial charge in [-0.15, -0.1) is 0 Å². The third-order valence-electron chi connectivity index (χ3n) is 1.72. The molecule has 0 radical (unpaired) electrons. The number of hydrogen-bond donors (Lipinski definition) is 2. The summed E-state index contributed by atoms with van der Waals surface area (Å²) < 4.78 is 0. The predicted molar refractivity (Wildman–Crippen MR) is 44.1 cm³/mol. The molecule has 0 aromatic carbocycles. The molecule has 1 aliphatic rings. The van der Waals surface area contributed by atoms with E-state index in [9.17, 15) is 10.2 Å². The molecule has 11 heavy (non-hydrogen) atoms. The number of aliphatic hydroxyl groups is 2. The number of allylic oxidation sites excluding steroid dienone is 2. The van der Waals surface area contributed by atoms with E-state index >= 15 is 0 Å². The summed E-state index contributed by atoms with van der Waals surface area (Å²) in [5.41, 5.74) is 1.50. The molecule has 2 N–H and O–H groups in total. The summed E-state index contributed by atoms with van der Waals surface area (Å²) in [6, 6.07) is 0. The Bertz CT molecular complexity index is 226. The molecule has 0 aromatic rings. The molecular formula is C9H12O2. The van der Waals surface area contributed by atoms with Crippen molar-refractivity contribution in [1.82, 2.24) is 0 Å². The third-order valence-corrected chi connectivity index (χ3v) is 1.72. The van der Waals surface area contributed by atoms with Gasteiger partial charge in [-0.25, -0.2) is 0 Å². The monoisotopic (exact) mass is 152 g/mol. The van der Waals surface area contributed by atoms with Gasteiger partial charge in [-0.3, -0.25) is 0 Å². The molecule has 0 aliphatic heterocycles. The van der Waals surface area contributed by atoms with Crippen LogP contribution in [0.4, 0.5) is 0 Å². The summed E-state index contributed by atoms with van der Waals surface area (Å²) in [5.74, 6) is 0. The van der Waals surface area contributed by atoms with E-state index in [1.807, 2.05) is 0 Å². The minimum atomic E-state index is -0.808. The van der Waals surface area contributed by atoms with E-state index in [2.05, 4.69) is 6.58 Å². The maximum atomic E-state index is 9.38. The van der Waals surface area contributed by atoms with Crippen LogP contribution in [0.15, 0.2) is 36.0 Å². The fraction of sp³-hybridized carbons (Fsp3) is 0.333. The molecule has 0 saturated heterocycles. The summed E-state index contributed by atoms with van der Waals surface area (Å²) in [4.78, 5) is 0. The van der Waals surface area contributed by atoms with Crippen LogP contribution in [-0.4, -0.2) is 22.4 Å². The fourth-order valence-corrected chi connectivity index (χ4v) is 1.06. The first kappa shape index (κ1) is 8.24. The summed E-state index contributed by atoms with van der Waals surface area (Å²) >= 11 is 0. The van der Waals surface area contributed by atoms with Gasteiger partial charge in [0.2, 0.25) is 0 Å². The molecule has 0 bridgehead atoms. The molecule has 2 atom stereocenters. The molecule has 0 unspecified atom stereocenters. The zero-order chi connectivity index (χ0) is 8.43. The second-order valence-corrected chi connectivity index (χ2v) is 2.72. The Hall–Kier alpha value is -0.860. The Kier molecular flexibility index (Phi) is 2.27. The van der Waals surface area contributed by atoms with E-state index in [1.165, 1.54) is 0 Å². The van der Waals surface area contributed by atoms with E-state index in [-0.39, 0.29) is 0 Å². The Morgan fingerprint density at radius 2 is 2.18 bits per heavy atom. The summed E-state index contributed by atoms with van der Waals surface area (Å²) in [7, 11) is 0. The Morgan fingerprint density at radius 1 is 1.55 bits per heavy atom. The van der Waals surface area contributed by atoms with Crippen LogP contribution in [0.5, 0.6) is 0 Å². The van der Waals surface area contributed by atoms with Crippen LogP contribution < -0.4 is 0 Å². The quantitative estimate of drug-likeness (QED) is 0.583. The lowest BCUT2D eigenvalue weighted by Crippen LogP contribution is -2.28. The Morgan fingerprint density at radius 3 is 2.64 bits per heavy atom. The average Bonchev–Trinajstić information content (AvgIpc) is 1.94. The molecule has 60 valence electrons. The van der Waals surface area contributed by atoms with Gasteiger partial charge in [0, 0.05) is 0 Å².